The van der Waals surface area contributed by atoms with Gasteiger partial charge in [0.15, 0.2) is 0 Å². The molecule has 0 radical (unpaired) electrons. The molecule has 0 aromatic heterocycles. The van der Waals surface area contributed by atoms with Gasteiger partial charge in [0, 0.05) is 27.9 Å². The third-order valence-electron chi connectivity index (χ3n) is 19.3. The van der Waals surface area contributed by atoms with Gasteiger partial charge in [-0.3, -0.25) is 0 Å². The average Bonchev–Trinajstić information content (AvgIpc) is 4.08. The molecule has 1 spiro atoms. The number of benzene rings is 11. The molecule has 1 heteroatoms. The highest BCUT2D eigenvalue weighted by Crippen LogP contribution is 2.64. The van der Waals surface area contributed by atoms with Crippen molar-refractivity contribution in [2.75, 3.05) is 4.90 Å². The maximum atomic E-state index is 2.54. The molecule has 11 aromatic carbocycles. The first-order valence-corrected chi connectivity index (χ1v) is 29.2. The lowest BCUT2D eigenvalue weighted by Crippen LogP contribution is -2.26. The number of hydrogen-bond donors (Lipinski definition) is 0. The summed E-state index contributed by atoms with van der Waals surface area (Å²) in [5.74, 6) is 0. The van der Waals surface area contributed by atoms with Gasteiger partial charge in [0.1, 0.15) is 0 Å². The van der Waals surface area contributed by atoms with Crippen molar-refractivity contribution in [3.8, 4) is 66.8 Å². The van der Waals surface area contributed by atoms with E-state index in [4.69, 9.17) is 0 Å². The molecule has 15 rings (SSSR count). The molecule has 1 nitrogen and oxygen atoms in total. The largest absolute Gasteiger partial charge is 0.310 e. The Labute approximate surface area is 479 Å². The standard InChI is InChI=1S/C80H67N/c1-76(2,3)54-35-44-71-66(47-54)67-48-55(77(4,5)6)36-45-72(67)80(71)70-29-18-15-23-61(70)64-43-41-58(49-74(64)80)81(57-39-32-51(33-40-57)59-25-19-26-65-62-24-13-16-27-68(62)78(7,8)75(59)65)56-37-30-50(31-38-56)52-34-42-63-60-22-14-17-28-69(60)79(9,73(63)46-52)53-20-11-10-12-21-53/h10-49H,1-9H3. The molecule has 0 fully saturated rings. The van der Waals surface area contributed by atoms with Crippen LogP contribution in [0.25, 0.3) is 66.8 Å². The fraction of sp³-hybridized carbons (Fsp3) is 0.175. The Kier molecular flexibility index (Phi) is 10.6. The Balaban J connectivity index is 0.904. The molecule has 1 unspecified atom stereocenters. The number of hydrogen-bond acceptors (Lipinski definition) is 1. The highest BCUT2D eigenvalue weighted by molar-refractivity contribution is 5.97. The normalized spacial score (nSPS) is 16.2. The van der Waals surface area contributed by atoms with Crippen LogP contribution < -0.4 is 4.90 Å². The first-order chi connectivity index (χ1) is 39.1. The molecule has 81 heavy (non-hydrogen) atoms. The molecule has 1 atom stereocenters. The van der Waals surface area contributed by atoms with E-state index in [1.807, 2.05) is 0 Å². The predicted octanol–water partition coefficient (Wildman–Crippen LogP) is 21.1. The van der Waals surface area contributed by atoms with Gasteiger partial charge in [0.05, 0.1) is 5.41 Å². The van der Waals surface area contributed by atoms with E-state index in [9.17, 15) is 0 Å². The summed E-state index contributed by atoms with van der Waals surface area (Å²) in [6, 6.07) is 93.0. The summed E-state index contributed by atoms with van der Waals surface area (Å²) in [4.78, 5) is 2.49. The van der Waals surface area contributed by atoms with Gasteiger partial charge in [0.2, 0.25) is 0 Å². The summed E-state index contributed by atoms with van der Waals surface area (Å²) in [6.45, 7) is 21.2. The lowest BCUT2D eigenvalue weighted by Gasteiger charge is -2.33. The van der Waals surface area contributed by atoms with Crippen molar-refractivity contribution in [3.05, 3.63) is 304 Å². The van der Waals surface area contributed by atoms with Crippen molar-refractivity contribution in [2.24, 2.45) is 0 Å². The molecule has 0 N–H and O–H groups in total. The molecule has 11 aromatic rings. The molecule has 0 saturated carbocycles. The summed E-state index contributed by atoms with van der Waals surface area (Å²) in [6.07, 6.45) is 0. The fourth-order valence-corrected chi connectivity index (χ4v) is 15.1. The van der Waals surface area contributed by atoms with E-state index in [0.29, 0.717) is 0 Å². The molecular formula is C80H67N. The van der Waals surface area contributed by atoms with Crippen molar-refractivity contribution in [1.82, 2.24) is 0 Å². The fourth-order valence-electron chi connectivity index (χ4n) is 15.1. The van der Waals surface area contributed by atoms with Gasteiger partial charge in [-0.2, -0.15) is 0 Å². The second-order valence-electron chi connectivity index (χ2n) is 26.2. The van der Waals surface area contributed by atoms with E-state index < -0.39 is 5.41 Å². The van der Waals surface area contributed by atoms with E-state index in [-0.39, 0.29) is 21.7 Å². The second-order valence-corrected chi connectivity index (χ2v) is 26.2. The van der Waals surface area contributed by atoms with E-state index >= 15 is 0 Å². The van der Waals surface area contributed by atoms with Crippen LogP contribution in [0.3, 0.4) is 0 Å². The Bertz CT molecular complexity index is 4320. The Hall–Kier alpha value is -8.78. The van der Waals surface area contributed by atoms with Crippen LogP contribution in [0.15, 0.2) is 243 Å². The highest BCUT2D eigenvalue weighted by Gasteiger charge is 2.52. The molecule has 0 heterocycles. The zero-order valence-electron chi connectivity index (χ0n) is 48.0. The van der Waals surface area contributed by atoms with Gasteiger partial charge in [-0.15, -0.1) is 0 Å². The van der Waals surface area contributed by atoms with Crippen molar-refractivity contribution in [1.29, 1.82) is 0 Å². The van der Waals surface area contributed by atoms with E-state index in [2.05, 4.69) is 310 Å². The summed E-state index contributed by atoms with van der Waals surface area (Å²) >= 11 is 0. The monoisotopic (exact) mass is 1040 g/mol. The quantitative estimate of drug-likeness (QED) is 0.160. The molecule has 0 saturated heterocycles. The first-order valence-electron chi connectivity index (χ1n) is 29.2. The second kappa shape index (κ2) is 17.4. The third kappa shape index (κ3) is 7.04. The van der Waals surface area contributed by atoms with Crippen LogP contribution in [0.5, 0.6) is 0 Å². The minimum atomic E-state index is -0.516. The van der Waals surface area contributed by atoms with E-state index in [0.717, 1.165) is 17.1 Å². The van der Waals surface area contributed by atoms with Gasteiger partial charge in [-0.05, 0) is 188 Å². The van der Waals surface area contributed by atoms with Crippen LogP contribution in [0, 0.1) is 0 Å². The van der Waals surface area contributed by atoms with E-state index in [1.165, 1.54) is 128 Å². The van der Waals surface area contributed by atoms with Crippen molar-refractivity contribution >= 4 is 17.1 Å². The number of anilines is 3. The Morgan fingerprint density at radius 2 is 0.728 bits per heavy atom. The lowest BCUT2D eigenvalue weighted by molar-refractivity contribution is 0.589. The number of fused-ring (bicyclic) bond motifs is 16. The van der Waals surface area contributed by atoms with Crippen molar-refractivity contribution in [2.45, 2.75) is 89.4 Å². The zero-order valence-corrected chi connectivity index (χ0v) is 48.0. The smallest absolute Gasteiger partial charge is 0.0726 e. The first kappa shape index (κ1) is 49.3. The van der Waals surface area contributed by atoms with Crippen molar-refractivity contribution < 1.29 is 0 Å². The van der Waals surface area contributed by atoms with Gasteiger partial charge in [0.25, 0.3) is 0 Å². The maximum Gasteiger partial charge on any atom is 0.0726 e. The minimum Gasteiger partial charge on any atom is -0.310 e. The molecule has 392 valence electrons. The Morgan fingerprint density at radius 3 is 1.35 bits per heavy atom. The van der Waals surface area contributed by atoms with Gasteiger partial charge in [-0.1, -0.05) is 256 Å². The summed E-state index contributed by atoms with van der Waals surface area (Å²) in [5, 5.41) is 0. The summed E-state index contributed by atoms with van der Waals surface area (Å²) < 4.78 is 0. The van der Waals surface area contributed by atoms with Crippen LogP contribution in [0.1, 0.15) is 124 Å². The van der Waals surface area contributed by atoms with Crippen LogP contribution in [-0.4, -0.2) is 0 Å². The predicted molar refractivity (Wildman–Crippen MR) is 341 cm³/mol. The van der Waals surface area contributed by atoms with E-state index in [1.54, 1.807) is 0 Å². The van der Waals surface area contributed by atoms with Crippen LogP contribution in [0.2, 0.25) is 0 Å². The third-order valence-corrected chi connectivity index (χ3v) is 19.3. The highest BCUT2D eigenvalue weighted by atomic mass is 15.1. The minimum absolute atomic E-state index is 0.00620. The molecule has 4 aliphatic rings. The maximum absolute atomic E-state index is 2.54. The van der Waals surface area contributed by atoms with Crippen LogP contribution in [-0.2, 0) is 27.1 Å². The van der Waals surface area contributed by atoms with Crippen molar-refractivity contribution in [3.63, 3.8) is 0 Å². The molecule has 0 amide bonds. The molecular weight excluding hydrogens is 975 g/mol. The van der Waals surface area contributed by atoms with Crippen LogP contribution in [0.4, 0.5) is 17.1 Å². The number of rotatable bonds is 6. The average molecular weight is 1040 g/mol. The van der Waals surface area contributed by atoms with Gasteiger partial charge >= 0.3 is 0 Å². The summed E-state index contributed by atoms with van der Waals surface area (Å²) in [5.41, 5.74) is 32.8. The van der Waals surface area contributed by atoms with Gasteiger partial charge in [-0.25, -0.2) is 0 Å². The molecule has 0 bridgehead atoms. The lowest BCUT2D eigenvalue weighted by atomic mass is 9.70. The van der Waals surface area contributed by atoms with Gasteiger partial charge < -0.3 is 4.90 Å². The number of nitrogens with zero attached hydrogens (tertiary/aromatic N) is 1. The molecule has 0 aliphatic heterocycles. The zero-order chi connectivity index (χ0) is 55.4. The Morgan fingerprint density at radius 1 is 0.284 bits per heavy atom. The topological polar surface area (TPSA) is 3.24 Å². The molecule has 4 aliphatic carbocycles. The summed E-state index contributed by atoms with van der Waals surface area (Å²) in [7, 11) is 0. The van der Waals surface area contributed by atoms with Crippen LogP contribution >= 0.6 is 0 Å². The SMILES string of the molecule is CC(C)(C)c1ccc2c(c1)-c1cc(C(C)(C)C)ccc1C21c2ccccc2-c2ccc(N(c3ccc(-c4ccc5c(c4)C(C)(c4ccccc4)c4ccccc4-5)cc3)c3ccc(-c4cccc5c4C(C)(C)c4ccccc4-5)cc3)cc21.